The summed E-state index contributed by atoms with van der Waals surface area (Å²) in [5, 5.41) is 14.4. The maximum atomic E-state index is 15.0. The van der Waals surface area contributed by atoms with Crippen LogP contribution in [0, 0.1) is 5.82 Å². The molecule has 0 saturated carbocycles. The van der Waals surface area contributed by atoms with Crippen LogP contribution in [-0.2, 0) is 16.0 Å². The number of fused-ring (bicyclic) bond motifs is 1. The van der Waals surface area contributed by atoms with E-state index in [4.69, 9.17) is 14.5 Å². The van der Waals surface area contributed by atoms with Gasteiger partial charge in [0.25, 0.3) is 0 Å². The number of anilines is 1. The average Bonchev–Trinajstić information content (AvgIpc) is 2.88. The molecule has 1 aromatic carbocycles. The zero-order valence-corrected chi connectivity index (χ0v) is 21.9. The molecule has 2 N–H and O–H groups in total. The highest BCUT2D eigenvalue weighted by molar-refractivity contribution is 5.88. The fourth-order valence-electron chi connectivity index (χ4n) is 5.45. The lowest BCUT2D eigenvalue weighted by Gasteiger charge is -2.39. The first kappa shape index (κ1) is 25.9. The molecule has 2 fully saturated rings. The molecule has 0 spiro atoms. The SMILES string of the molecule is CC(C)c1c(CN2[C@H](C)COC[C@H]2C)cnc2ccc(-c3nc(N[C@@H]4CCOC[C@@H]4O)ncc3F)cc12. The lowest BCUT2D eigenvalue weighted by Crippen LogP contribution is -2.49. The standard InChI is InChI=1S/C28H36FN5O3/c1-16(2)26-20(12-34-17(3)13-37-14-18(34)4)10-30-23-6-5-19(9-21(23)26)27-22(29)11-31-28(33-27)32-24-7-8-36-15-25(24)35/h5-6,9-11,16-18,24-25,35H,7-8,12-15H2,1-4H3,(H,31,32,33)/t17-,18-,24-,25+/m1/s1. The monoisotopic (exact) mass is 509 g/mol. The first-order chi connectivity index (χ1) is 17.8. The number of hydrogen-bond acceptors (Lipinski definition) is 8. The summed E-state index contributed by atoms with van der Waals surface area (Å²) in [5.41, 5.74) is 4.15. The third-order valence-corrected chi connectivity index (χ3v) is 7.43. The fraction of sp³-hybridized carbons (Fsp3) is 0.536. The summed E-state index contributed by atoms with van der Waals surface area (Å²) >= 11 is 0. The second-order valence-electron chi connectivity index (χ2n) is 10.6. The van der Waals surface area contributed by atoms with Crippen molar-refractivity contribution in [1.29, 1.82) is 0 Å². The number of aliphatic hydroxyl groups is 1. The second-order valence-corrected chi connectivity index (χ2v) is 10.6. The number of pyridine rings is 1. The Morgan fingerprint density at radius 1 is 1.11 bits per heavy atom. The minimum Gasteiger partial charge on any atom is -0.389 e. The van der Waals surface area contributed by atoms with Crippen LogP contribution in [0.2, 0.25) is 0 Å². The van der Waals surface area contributed by atoms with E-state index in [2.05, 4.69) is 47.9 Å². The highest BCUT2D eigenvalue weighted by Crippen LogP contribution is 2.33. The minimum absolute atomic E-state index is 0.219. The summed E-state index contributed by atoms with van der Waals surface area (Å²) in [6, 6.07) is 6.17. The van der Waals surface area contributed by atoms with E-state index in [-0.39, 0.29) is 30.2 Å². The van der Waals surface area contributed by atoms with Crippen molar-refractivity contribution >= 4 is 16.9 Å². The lowest BCUT2D eigenvalue weighted by atomic mass is 9.92. The van der Waals surface area contributed by atoms with Crippen molar-refractivity contribution in [3.05, 3.63) is 47.5 Å². The van der Waals surface area contributed by atoms with Crippen LogP contribution >= 0.6 is 0 Å². The molecule has 2 aromatic heterocycles. The third kappa shape index (κ3) is 5.45. The van der Waals surface area contributed by atoms with Gasteiger partial charge in [0.05, 0.1) is 43.7 Å². The van der Waals surface area contributed by atoms with E-state index in [1.54, 1.807) is 0 Å². The number of nitrogens with one attached hydrogen (secondary N) is 1. The molecule has 3 aromatic rings. The first-order valence-electron chi connectivity index (χ1n) is 13.1. The largest absolute Gasteiger partial charge is 0.389 e. The van der Waals surface area contributed by atoms with Crippen molar-refractivity contribution in [2.45, 2.75) is 70.8 Å². The fourth-order valence-corrected chi connectivity index (χ4v) is 5.45. The number of morpholine rings is 1. The molecule has 0 bridgehead atoms. The molecular formula is C28H36FN5O3. The van der Waals surface area contributed by atoms with Crippen LogP contribution in [0.4, 0.5) is 10.3 Å². The average molecular weight is 510 g/mol. The van der Waals surface area contributed by atoms with E-state index in [1.807, 2.05) is 24.4 Å². The molecule has 0 radical (unpaired) electrons. The van der Waals surface area contributed by atoms with Gasteiger partial charge in [0.2, 0.25) is 5.95 Å². The van der Waals surface area contributed by atoms with Gasteiger partial charge < -0.3 is 19.9 Å². The predicted octanol–water partition coefficient (Wildman–Crippen LogP) is 4.13. The lowest BCUT2D eigenvalue weighted by molar-refractivity contribution is -0.0411. The van der Waals surface area contributed by atoms with Crippen LogP contribution < -0.4 is 5.32 Å². The van der Waals surface area contributed by atoms with Crippen molar-refractivity contribution in [3.63, 3.8) is 0 Å². The highest BCUT2D eigenvalue weighted by atomic mass is 19.1. The van der Waals surface area contributed by atoms with Gasteiger partial charge in [-0.1, -0.05) is 19.9 Å². The number of benzene rings is 1. The van der Waals surface area contributed by atoms with Gasteiger partial charge in [-0.2, -0.15) is 0 Å². The van der Waals surface area contributed by atoms with Gasteiger partial charge in [-0.15, -0.1) is 0 Å². The Bertz CT molecular complexity index is 1250. The Morgan fingerprint density at radius 2 is 1.89 bits per heavy atom. The number of hydrogen-bond donors (Lipinski definition) is 2. The molecule has 0 unspecified atom stereocenters. The van der Waals surface area contributed by atoms with Crippen molar-refractivity contribution in [3.8, 4) is 11.3 Å². The Kier molecular flexibility index (Phi) is 7.67. The van der Waals surface area contributed by atoms with E-state index in [1.165, 1.54) is 17.3 Å². The molecule has 0 amide bonds. The number of halogens is 1. The van der Waals surface area contributed by atoms with Crippen LogP contribution in [0.25, 0.3) is 22.2 Å². The zero-order valence-electron chi connectivity index (χ0n) is 21.9. The Morgan fingerprint density at radius 3 is 2.62 bits per heavy atom. The molecule has 2 aliphatic rings. The van der Waals surface area contributed by atoms with Crippen molar-refractivity contribution in [2.24, 2.45) is 0 Å². The summed E-state index contributed by atoms with van der Waals surface area (Å²) < 4.78 is 26.0. The van der Waals surface area contributed by atoms with Crippen LogP contribution in [0.1, 0.15) is 51.2 Å². The second kappa shape index (κ2) is 10.9. The Hall–Kier alpha value is -2.72. The number of rotatable bonds is 6. The van der Waals surface area contributed by atoms with Gasteiger partial charge in [0.15, 0.2) is 5.82 Å². The number of aromatic nitrogens is 3. The number of aliphatic hydroxyl groups excluding tert-OH is 1. The Labute approximate surface area is 217 Å². The molecule has 4 atom stereocenters. The van der Waals surface area contributed by atoms with Crippen LogP contribution in [-0.4, -0.2) is 75.6 Å². The number of ether oxygens (including phenoxy) is 2. The molecular weight excluding hydrogens is 473 g/mol. The number of nitrogens with zero attached hydrogens (tertiary/aromatic N) is 4. The maximum Gasteiger partial charge on any atom is 0.223 e. The Balaban J connectivity index is 1.51. The maximum absolute atomic E-state index is 15.0. The van der Waals surface area contributed by atoms with Gasteiger partial charge in [-0.05, 0) is 49.4 Å². The summed E-state index contributed by atoms with van der Waals surface area (Å²) in [5.74, 6) is 0.0437. The van der Waals surface area contributed by atoms with Crippen LogP contribution in [0.3, 0.4) is 0 Å². The van der Waals surface area contributed by atoms with Crippen molar-refractivity contribution in [2.75, 3.05) is 31.7 Å². The third-order valence-electron chi connectivity index (χ3n) is 7.43. The molecule has 198 valence electrons. The summed E-state index contributed by atoms with van der Waals surface area (Å²) in [6.45, 7) is 11.8. The van der Waals surface area contributed by atoms with Gasteiger partial charge >= 0.3 is 0 Å². The molecule has 9 heteroatoms. The topological polar surface area (TPSA) is 92.6 Å². The van der Waals surface area contributed by atoms with Crippen LogP contribution in [0.5, 0.6) is 0 Å². The molecule has 2 saturated heterocycles. The van der Waals surface area contributed by atoms with E-state index in [0.717, 1.165) is 30.7 Å². The van der Waals surface area contributed by atoms with Crippen LogP contribution in [0.15, 0.2) is 30.6 Å². The molecule has 37 heavy (non-hydrogen) atoms. The van der Waals surface area contributed by atoms with E-state index < -0.39 is 11.9 Å². The van der Waals surface area contributed by atoms with Gasteiger partial charge in [-0.3, -0.25) is 9.88 Å². The zero-order chi connectivity index (χ0) is 26.1. The van der Waals surface area contributed by atoms with E-state index in [9.17, 15) is 9.50 Å². The minimum atomic E-state index is -0.665. The molecule has 4 heterocycles. The summed E-state index contributed by atoms with van der Waals surface area (Å²) in [4.78, 5) is 15.8. The van der Waals surface area contributed by atoms with Gasteiger partial charge in [0, 0.05) is 42.4 Å². The van der Waals surface area contributed by atoms with Crippen molar-refractivity contribution in [1.82, 2.24) is 19.9 Å². The predicted molar refractivity (Wildman–Crippen MR) is 141 cm³/mol. The highest BCUT2D eigenvalue weighted by Gasteiger charge is 2.27. The normalized spacial score (nSPS) is 25.1. The van der Waals surface area contributed by atoms with E-state index >= 15 is 0 Å². The first-order valence-corrected chi connectivity index (χ1v) is 13.1. The van der Waals surface area contributed by atoms with Crippen molar-refractivity contribution < 1.29 is 19.0 Å². The smallest absolute Gasteiger partial charge is 0.223 e. The molecule has 8 nitrogen and oxygen atoms in total. The van der Waals surface area contributed by atoms with E-state index in [0.29, 0.717) is 30.7 Å². The molecule has 5 rings (SSSR count). The molecule has 0 aliphatic carbocycles. The summed E-state index contributed by atoms with van der Waals surface area (Å²) in [6.07, 6.45) is 3.12. The van der Waals surface area contributed by atoms with Gasteiger partial charge in [-0.25, -0.2) is 14.4 Å². The quantitative estimate of drug-likeness (QED) is 0.513. The summed E-state index contributed by atoms with van der Waals surface area (Å²) in [7, 11) is 0. The molecule has 2 aliphatic heterocycles. The van der Waals surface area contributed by atoms with Gasteiger partial charge in [0.1, 0.15) is 5.69 Å².